The Labute approximate surface area is 193 Å². The number of nitrogens with one attached hydrogen (secondary N) is 2. The molecule has 1 aliphatic carbocycles. The van der Waals surface area contributed by atoms with Crippen LogP contribution in [0.3, 0.4) is 0 Å². The average Bonchev–Trinajstić information content (AvgIpc) is 3.34. The summed E-state index contributed by atoms with van der Waals surface area (Å²) in [7, 11) is -3.39. The molecule has 0 unspecified atom stereocenters. The van der Waals surface area contributed by atoms with Crippen LogP contribution in [-0.2, 0) is 21.4 Å². The Morgan fingerprint density at radius 3 is 2.73 bits per heavy atom. The summed E-state index contributed by atoms with van der Waals surface area (Å²) in [5.74, 6) is 0.641. The topological polar surface area (TPSA) is 121 Å². The van der Waals surface area contributed by atoms with Gasteiger partial charge in [0.15, 0.2) is 0 Å². The van der Waals surface area contributed by atoms with E-state index in [0.29, 0.717) is 44.2 Å². The lowest BCUT2D eigenvalue weighted by molar-refractivity contribution is -0.127. The molecule has 0 bridgehead atoms. The van der Waals surface area contributed by atoms with Crippen molar-refractivity contribution in [3.63, 3.8) is 0 Å². The van der Waals surface area contributed by atoms with Gasteiger partial charge in [0.1, 0.15) is 11.4 Å². The Morgan fingerprint density at radius 1 is 1.27 bits per heavy atom. The van der Waals surface area contributed by atoms with Crippen LogP contribution in [0.25, 0.3) is 11.0 Å². The summed E-state index contributed by atoms with van der Waals surface area (Å²) in [5, 5.41) is 7.43. The normalized spacial score (nSPS) is 22.4. The summed E-state index contributed by atoms with van der Waals surface area (Å²) in [5.41, 5.74) is 3.72. The van der Waals surface area contributed by atoms with Gasteiger partial charge in [0.2, 0.25) is 15.9 Å². The van der Waals surface area contributed by atoms with Crippen LogP contribution in [-0.4, -0.2) is 52.1 Å². The fourth-order valence-electron chi connectivity index (χ4n) is 5.04. The second kappa shape index (κ2) is 8.57. The van der Waals surface area contributed by atoms with E-state index in [9.17, 15) is 13.2 Å². The van der Waals surface area contributed by atoms with Crippen molar-refractivity contribution in [3.8, 4) is 0 Å². The van der Waals surface area contributed by atoms with Gasteiger partial charge in [-0.15, -0.1) is 0 Å². The average molecular weight is 472 g/mol. The smallest absolute Gasteiger partial charge is 0.223 e. The molecule has 5 rings (SSSR count). The highest BCUT2D eigenvalue weighted by atomic mass is 32.2. The van der Waals surface area contributed by atoms with Crippen LogP contribution in [0.5, 0.6) is 0 Å². The van der Waals surface area contributed by atoms with Crippen LogP contribution in [0.4, 0.5) is 0 Å². The molecule has 3 aromatic rings. The number of fused-ring (bicyclic) bond motifs is 1. The molecule has 2 fully saturated rings. The number of piperidine rings is 1. The van der Waals surface area contributed by atoms with Crippen molar-refractivity contribution in [2.45, 2.75) is 57.2 Å². The molecule has 33 heavy (non-hydrogen) atoms. The quantitative estimate of drug-likeness (QED) is 0.570. The molecule has 1 saturated carbocycles. The Kier molecular flexibility index (Phi) is 5.74. The molecule has 0 aromatic carbocycles. The number of aryl methyl sites for hydroxylation is 2. The third kappa shape index (κ3) is 4.06. The Morgan fingerprint density at radius 2 is 2.03 bits per heavy atom. The second-order valence-corrected chi connectivity index (χ2v) is 11.4. The molecule has 176 valence electrons. The van der Waals surface area contributed by atoms with Crippen molar-refractivity contribution in [1.82, 2.24) is 24.7 Å². The lowest BCUT2D eigenvalue weighted by Crippen LogP contribution is -2.50. The van der Waals surface area contributed by atoms with Gasteiger partial charge in [0.05, 0.1) is 10.9 Å². The van der Waals surface area contributed by atoms with Crippen LogP contribution < -0.4 is 5.32 Å². The standard InChI is InChI=1S/C23H29N5O4S/c1-14-20(15(2)32-27-14)12-26-23(29)17-10-18(11-17)33(30,31)28-8-5-16(6-9-28)21-13-25-22-19(21)4-3-7-24-22/h3-4,7,13,16-18H,5-6,8-12H2,1-2H3,(H,24,25)(H,26,29). The molecule has 9 nitrogen and oxygen atoms in total. The van der Waals surface area contributed by atoms with Crippen LogP contribution in [0.2, 0.25) is 0 Å². The summed E-state index contributed by atoms with van der Waals surface area (Å²) in [6, 6.07) is 3.99. The van der Waals surface area contributed by atoms with E-state index in [1.54, 1.807) is 10.5 Å². The summed E-state index contributed by atoms with van der Waals surface area (Å²) in [6.07, 6.45) is 6.10. The minimum absolute atomic E-state index is 0.104. The number of hydrogen-bond acceptors (Lipinski definition) is 6. The number of amides is 1. The van der Waals surface area contributed by atoms with Crippen LogP contribution >= 0.6 is 0 Å². The van der Waals surface area contributed by atoms with Gasteiger partial charge in [-0.25, -0.2) is 17.7 Å². The molecular formula is C23H29N5O4S. The molecule has 0 radical (unpaired) electrons. The number of rotatable bonds is 6. The first kappa shape index (κ1) is 22.1. The highest BCUT2D eigenvalue weighted by molar-refractivity contribution is 7.89. The minimum Gasteiger partial charge on any atom is -0.361 e. The third-order valence-electron chi connectivity index (χ3n) is 7.24. The van der Waals surface area contributed by atoms with Gasteiger partial charge >= 0.3 is 0 Å². The summed E-state index contributed by atoms with van der Waals surface area (Å²) in [4.78, 5) is 20.1. The van der Waals surface area contributed by atoms with E-state index >= 15 is 0 Å². The van der Waals surface area contributed by atoms with Crippen LogP contribution in [0.1, 0.15) is 54.2 Å². The number of hydrogen-bond donors (Lipinski definition) is 2. The van der Waals surface area contributed by atoms with Crippen LogP contribution in [0.15, 0.2) is 29.0 Å². The van der Waals surface area contributed by atoms with Crippen molar-refractivity contribution in [3.05, 3.63) is 47.1 Å². The van der Waals surface area contributed by atoms with Crippen molar-refractivity contribution in [2.75, 3.05) is 13.1 Å². The maximum Gasteiger partial charge on any atom is 0.223 e. The van der Waals surface area contributed by atoms with E-state index in [-0.39, 0.29) is 11.8 Å². The molecule has 0 atom stereocenters. The lowest BCUT2D eigenvalue weighted by Gasteiger charge is -2.39. The zero-order valence-corrected chi connectivity index (χ0v) is 19.7. The predicted octanol–water partition coefficient (Wildman–Crippen LogP) is 2.77. The number of pyridine rings is 1. The number of aromatic nitrogens is 3. The van der Waals surface area contributed by atoms with Crippen molar-refractivity contribution in [1.29, 1.82) is 0 Å². The largest absolute Gasteiger partial charge is 0.361 e. The van der Waals surface area contributed by atoms with E-state index < -0.39 is 15.3 Å². The maximum atomic E-state index is 13.1. The maximum absolute atomic E-state index is 13.1. The molecule has 1 saturated heterocycles. The first-order valence-electron chi connectivity index (χ1n) is 11.4. The first-order valence-corrected chi connectivity index (χ1v) is 13.0. The van der Waals surface area contributed by atoms with Crippen molar-refractivity contribution >= 4 is 27.0 Å². The molecule has 2 N–H and O–H groups in total. The molecule has 1 aliphatic heterocycles. The molecule has 10 heteroatoms. The van der Waals surface area contributed by atoms with E-state index in [2.05, 4.69) is 26.5 Å². The Hall–Kier alpha value is -2.72. The minimum atomic E-state index is -3.39. The molecule has 0 spiro atoms. The highest BCUT2D eigenvalue weighted by Crippen LogP contribution is 2.38. The summed E-state index contributed by atoms with van der Waals surface area (Å²) >= 11 is 0. The van der Waals surface area contributed by atoms with Gasteiger partial charge in [-0.1, -0.05) is 5.16 Å². The van der Waals surface area contributed by atoms with Gasteiger partial charge in [-0.3, -0.25) is 4.79 Å². The number of nitrogens with zero attached hydrogens (tertiary/aromatic N) is 3. The molecule has 1 amide bonds. The molecule has 2 aliphatic rings. The molecule has 3 aromatic heterocycles. The fourth-order valence-corrected chi connectivity index (χ4v) is 7.14. The Balaban J connectivity index is 1.13. The van der Waals surface area contributed by atoms with E-state index in [1.807, 2.05) is 26.1 Å². The number of sulfonamides is 1. The lowest BCUT2D eigenvalue weighted by atomic mass is 9.84. The van der Waals surface area contributed by atoms with E-state index in [0.717, 1.165) is 35.1 Å². The number of carbonyl (C=O) groups is 1. The summed E-state index contributed by atoms with van der Waals surface area (Å²) in [6.45, 7) is 5.03. The first-order chi connectivity index (χ1) is 15.8. The van der Waals surface area contributed by atoms with Gasteiger partial charge in [0.25, 0.3) is 0 Å². The second-order valence-electron chi connectivity index (χ2n) is 9.17. The Bertz CT molecular complexity index is 1250. The van der Waals surface area contributed by atoms with E-state index in [1.165, 1.54) is 5.56 Å². The van der Waals surface area contributed by atoms with Gasteiger partial charge in [0, 0.05) is 48.9 Å². The summed E-state index contributed by atoms with van der Waals surface area (Å²) < 4.78 is 33.0. The third-order valence-corrected chi connectivity index (χ3v) is 9.56. The van der Waals surface area contributed by atoms with Crippen molar-refractivity contribution < 1.29 is 17.7 Å². The van der Waals surface area contributed by atoms with Crippen molar-refractivity contribution in [2.24, 2.45) is 5.92 Å². The van der Waals surface area contributed by atoms with Gasteiger partial charge in [-0.2, -0.15) is 0 Å². The number of H-pyrrole nitrogens is 1. The molecule has 4 heterocycles. The highest BCUT2D eigenvalue weighted by Gasteiger charge is 2.45. The van der Waals surface area contributed by atoms with E-state index in [4.69, 9.17) is 4.52 Å². The number of aromatic amines is 1. The zero-order valence-electron chi connectivity index (χ0n) is 18.9. The van der Waals surface area contributed by atoms with Gasteiger partial charge in [-0.05, 0) is 63.1 Å². The fraction of sp³-hybridized carbons (Fsp3) is 0.522. The van der Waals surface area contributed by atoms with Gasteiger partial charge < -0.3 is 14.8 Å². The monoisotopic (exact) mass is 471 g/mol. The predicted molar refractivity (Wildman–Crippen MR) is 123 cm³/mol. The van der Waals surface area contributed by atoms with Crippen LogP contribution in [0, 0.1) is 19.8 Å². The number of carbonyl (C=O) groups excluding carboxylic acids is 1. The SMILES string of the molecule is Cc1noc(C)c1CNC(=O)C1CC(S(=O)(=O)N2CCC(c3c[nH]c4ncccc34)CC2)C1. The zero-order chi connectivity index (χ0) is 23.2. The molecular weight excluding hydrogens is 442 g/mol.